The Labute approximate surface area is 268 Å². The lowest BCUT2D eigenvalue weighted by atomic mass is 9.88. The summed E-state index contributed by atoms with van der Waals surface area (Å²) in [4.78, 5) is 29.3. The number of hydrogen-bond donors (Lipinski definition) is 4. The summed E-state index contributed by atoms with van der Waals surface area (Å²) < 4.78 is 56.5. The minimum Gasteiger partial charge on any atom is -0.337 e. The van der Waals surface area contributed by atoms with Crippen LogP contribution in [0.25, 0.3) is 55.8 Å². The number of aromatic nitrogens is 6. The summed E-state index contributed by atoms with van der Waals surface area (Å²) in [5.41, 5.74) is 4.07. The summed E-state index contributed by atoms with van der Waals surface area (Å²) in [6.07, 6.45) is 10.4. The number of amides is 1. The van der Waals surface area contributed by atoms with Gasteiger partial charge in [0, 0.05) is 29.8 Å². The molecule has 2 aromatic carbocycles. The fourth-order valence-corrected chi connectivity index (χ4v) is 6.52. The van der Waals surface area contributed by atoms with Crippen molar-refractivity contribution in [1.29, 1.82) is 0 Å². The van der Waals surface area contributed by atoms with Crippen LogP contribution in [0.15, 0.2) is 61.1 Å². The van der Waals surface area contributed by atoms with Crippen molar-refractivity contribution in [3.8, 4) is 33.9 Å². The van der Waals surface area contributed by atoms with Crippen molar-refractivity contribution in [1.82, 2.24) is 34.9 Å². The lowest BCUT2D eigenvalue weighted by Gasteiger charge is -2.20. The van der Waals surface area contributed by atoms with E-state index in [1.165, 1.54) is 30.7 Å². The number of nitrogens with zero attached hydrogens (tertiary/aromatic N) is 4. The number of rotatable bonds is 8. The molecule has 1 amide bonds. The van der Waals surface area contributed by atoms with E-state index in [1.54, 1.807) is 30.3 Å². The van der Waals surface area contributed by atoms with Crippen LogP contribution in [-0.4, -0.2) is 50.7 Å². The second-order valence-electron chi connectivity index (χ2n) is 11.8. The smallest absolute Gasteiger partial charge is 0.227 e. The van der Waals surface area contributed by atoms with E-state index in [2.05, 4.69) is 35.2 Å². The Bertz CT molecular complexity index is 2260. The molecule has 0 radical (unpaired) electrons. The number of fused-ring (bicyclic) bond motifs is 2. The Morgan fingerprint density at radius 1 is 0.979 bits per heavy atom. The maximum Gasteiger partial charge on any atom is 0.227 e. The number of pyridine rings is 2. The first kappa shape index (κ1) is 30.6. The predicted molar refractivity (Wildman–Crippen MR) is 174 cm³/mol. The summed E-state index contributed by atoms with van der Waals surface area (Å²) in [5.74, 6) is -1.01. The van der Waals surface area contributed by atoms with Crippen molar-refractivity contribution in [2.24, 2.45) is 5.92 Å². The van der Waals surface area contributed by atoms with Gasteiger partial charge in [-0.1, -0.05) is 31.4 Å². The van der Waals surface area contributed by atoms with Gasteiger partial charge in [0.25, 0.3) is 0 Å². The van der Waals surface area contributed by atoms with Crippen molar-refractivity contribution < 1.29 is 22.0 Å². The SMILES string of the molecule is CS(=O)(=O)NCc1cc(F)cc(-c2cccc3[nH]c(-c4n[nH]c5cnc(-c6cncc(NC(=O)C7CCCCC7)c6)c(F)c45)nc23)c1. The average molecular weight is 657 g/mol. The van der Waals surface area contributed by atoms with Crippen LogP contribution in [0.5, 0.6) is 0 Å². The van der Waals surface area contributed by atoms with E-state index in [9.17, 15) is 17.6 Å². The van der Waals surface area contributed by atoms with Crippen molar-refractivity contribution in [3.05, 3.63) is 78.3 Å². The van der Waals surface area contributed by atoms with Gasteiger partial charge >= 0.3 is 0 Å². The number of halogens is 2. The topological polar surface area (TPSA) is 158 Å². The molecule has 1 fully saturated rings. The Kier molecular flexibility index (Phi) is 7.98. The van der Waals surface area contributed by atoms with Crippen LogP contribution in [0.1, 0.15) is 37.7 Å². The summed E-state index contributed by atoms with van der Waals surface area (Å²) in [6, 6.07) is 11.3. The van der Waals surface area contributed by atoms with Crippen LogP contribution in [0.2, 0.25) is 0 Å². The number of hydrogen-bond acceptors (Lipinski definition) is 7. The summed E-state index contributed by atoms with van der Waals surface area (Å²) >= 11 is 0. The molecular weight excluding hydrogens is 626 g/mol. The molecule has 1 aliphatic carbocycles. The molecule has 47 heavy (non-hydrogen) atoms. The molecule has 0 saturated heterocycles. The number of H-pyrrole nitrogens is 2. The molecule has 14 heteroatoms. The lowest BCUT2D eigenvalue weighted by molar-refractivity contribution is -0.120. The number of nitrogens with one attached hydrogen (secondary N) is 4. The number of aromatic amines is 2. The Balaban J connectivity index is 1.24. The van der Waals surface area contributed by atoms with Crippen molar-refractivity contribution in [3.63, 3.8) is 0 Å². The standard InChI is InChI=1S/C33H30F2N8O3S/c1-47(45,46)38-14-18-10-20(12-22(34)11-18)24-8-5-9-25-30(24)41-32(40-25)31-27-26(42-43-31)17-37-29(28(27)35)21-13-23(16-36-15-21)39-33(44)19-6-3-2-4-7-19/h5,8-13,15-17,19,38H,2-4,6-7,14H2,1H3,(H,39,44)(H,40,41)(H,42,43). The first-order chi connectivity index (χ1) is 22.6. The minimum absolute atomic E-state index is 0.0354. The molecule has 0 aliphatic heterocycles. The highest BCUT2D eigenvalue weighted by molar-refractivity contribution is 7.88. The van der Waals surface area contributed by atoms with Crippen molar-refractivity contribution in [2.75, 3.05) is 11.6 Å². The van der Waals surface area contributed by atoms with Gasteiger partial charge < -0.3 is 10.3 Å². The van der Waals surface area contributed by atoms with Crippen LogP contribution in [0, 0.1) is 17.6 Å². The molecular formula is C33H30F2N8O3S. The highest BCUT2D eigenvalue weighted by Gasteiger charge is 2.23. The molecule has 4 aromatic heterocycles. The highest BCUT2D eigenvalue weighted by atomic mass is 32.2. The normalized spacial score (nSPS) is 14.2. The van der Waals surface area contributed by atoms with Gasteiger partial charge in [0.2, 0.25) is 15.9 Å². The largest absolute Gasteiger partial charge is 0.337 e. The molecule has 0 spiro atoms. The number of sulfonamides is 1. The number of imidazole rings is 1. The fraction of sp³-hybridized carbons (Fsp3) is 0.242. The maximum atomic E-state index is 16.3. The fourth-order valence-electron chi connectivity index (χ4n) is 6.09. The Morgan fingerprint density at radius 2 is 1.81 bits per heavy atom. The van der Waals surface area contributed by atoms with Crippen molar-refractivity contribution in [2.45, 2.75) is 38.6 Å². The molecule has 4 heterocycles. The number of para-hydroxylation sites is 1. The summed E-state index contributed by atoms with van der Waals surface area (Å²) in [5, 5.41) is 10.3. The number of benzene rings is 2. The van der Waals surface area contributed by atoms with E-state index in [0.29, 0.717) is 44.5 Å². The molecule has 7 rings (SSSR count). The van der Waals surface area contributed by atoms with Gasteiger partial charge in [0.1, 0.15) is 17.2 Å². The lowest BCUT2D eigenvalue weighted by Crippen LogP contribution is -2.24. The quantitative estimate of drug-likeness (QED) is 0.155. The molecule has 0 unspecified atom stereocenters. The van der Waals surface area contributed by atoms with Crippen molar-refractivity contribution >= 4 is 43.6 Å². The first-order valence-electron chi connectivity index (χ1n) is 15.2. The van der Waals surface area contributed by atoms with E-state index >= 15 is 4.39 Å². The van der Waals surface area contributed by atoms with Gasteiger partial charge in [0.05, 0.1) is 46.3 Å². The van der Waals surface area contributed by atoms with E-state index in [4.69, 9.17) is 4.98 Å². The van der Waals surface area contributed by atoms with Crippen LogP contribution < -0.4 is 10.0 Å². The Hall–Kier alpha value is -5.08. The third-order valence-electron chi connectivity index (χ3n) is 8.34. The van der Waals surface area contributed by atoms with Gasteiger partial charge in [-0.3, -0.25) is 19.9 Å². The van der Waals surface area contributed by atoms with E-state index < -0.39 is 21.7 Å². The third kappa shape index (κ3) is 6.33. The number of carbonyl (C=O) groups excluding carboxylic acids is 1. The van der Waals surface area contributed by atoms with E-state index in [-0.39, 0.29) is 41.0 Å². The first-order valence-corrected chi connectivity index (χ1v) is 17.0. The Morgan fingerprint density at radius 3 is 2.62 bits per heavy atom. The monoisotopic (exact) mass is 656 g/mol. The molecule has 1 saturated carbocycles. The molecule has 6 aromatic rings. The molecule has 0 bridgehead atoms. The third-order valence-corrected chi connectivity index (χ3v) is 9.01. The number of carbonyl (C=O) groups is 1. The molecule has 11 nitrogen and oxygen atoms in total. The van der Waals surface area contributed by atoms with Gasteiger partial charge in [-0.05, 0) is 54.3 Å². The maximum absolute atomic E-state index is 16.3. The minimum atomic E-state index is -3.48. The molecule has 0 atom stereocenters. The van der Waals surface area contributed by atoms with Crippen LogP contribution in [0.3, 0.4) is 0 Å². The van der Waals surface area contributed by atoms with Gasteiger partial charge in [-0.2, -0.15) is 5.10 Å². The molecule has 4 N–H and O–H groups in total. The van der Waals surface area contributed by atoms with Crippen LogP contribution in [-0.2, 0) is 21.4 Å². The molecule has 1 aliphatic rings. The predicted octanol–water partition coefficient (Wildman–Crippen LogP) is 6.08. The molecule has 240 valence electrons. The second kappa shape index (κ2) is 12.3. The summed E-state index contributed by atoms with van der Waals surface area (Å²) in [6.45, 7) is -0.0778. The zero-order valence-electron chi connectivity index (χ0n) is 25.3. The number of anilines is 1. The second-order valence-corrected chi connectivity index (χ2v) is 13.6. The highest BCUT2D eigenvalue weighted by Crippen LogP contribution is 2.35. The zero-order valence-corrected chi connectivity index (χ0v) is 26.1. The van der Waals surface area contributed by atoms with E-state index in [0.717, 1.165) is 38.4 Å². The van der Waals surface area contributed by atoms with E-state index in [1.807, 2.05) is 0 Å². The van der Waals surface area contributed by atoms with Crippen LogP contribution in [0.4, 0.5) is 14.5 Å². The van der Waals surface area contributed by atoms with Gasteiger partial charge in [-0.15, -0.1) is 0 Å². The van der Waals surface area contributed by atoms with Crippen LogP contribution >= 0.6 is 0 Å². The summed E-state index contributed by atoms with van der Waals surface area (Å²) in [7, 11) is -3.48. The van der Waals surface area contributed by atoms with Gasteiger partial charge in [-0.25, -0.2) is 26.9 Å². The zero-order chi connectivity index (χ0) is 32.7. The average Bonchev–Trinajstić information content (AvgIpc) is 3.69. The van der Waals surface area contributed by atoms with Gasteiger partial charge in [0.15, 0.2) is 11.6 Å².